The lowest BCUT2D eigenvalue weighted by Gasteiger charge is -2.33. The summed E-state index contributed by atoms with van der Waals surface area (Å²) in [6, 6.07) is 8.07. The molecule has 7 heteroatoms. The third kappa shape index (κ3) is 4.87. The number of aryl methyl sites for hydroxylation is 1. The van der Waals surface area contributed by atoms with Gasteiger partial charge in [0.2, 0.25) is 11.7 Å². The van der Waals surface area contributed by atoms with Crippen LogP contribution in [0.5, 0.6) is 0 Å². The van der Waals surface area contributed by atoms with E-state index in [0.29, 0.717) is 31.4 Å². The van der Waals surface area contributed by atoms with Crippen molar-refractivity contribution in [1.82, 2.24) is 19.9 Å². The number of hydrogen-bond donors (Lipinski definition) is 0. The van der Waals surface area contributed by atoms with Crippen LogP contribution in [-0.2, 0) is 16.1 Å². The highest BCUT2D eigenvalue weighted by Gasteiger charge is 2.21. The van der Waals surface area contributed by atoms with Gasteiger partial charge in [-0.1, -0.05) is 35.0 Å². The Bertz CT molecular complexity index is 691. The highest BCUT2D eigenvalue weighted by Crippen LogP contribution is 2.17. The Morgan fingerprint density at radius 2 is 1.84 bits per heavy atom. The van der Waals surface area contributed by atoms with E-state index in [1.165, 1.54) is 5.56 Å². The van der Waals surface area contributed by atoms with Gasteiger partial charge in [0.1, 0.15) is 0 Å². The smallest absolute Gasteiger partial charge is 0.320 e. The molecule has 1 aromatic heterocycles. The van der Waals surface area contributed by atoms with Crippen molar-refractivity contribution < 1.29 is 14.1 Å². The molecule has 1 aliphatic heterocycles. The Balaban J connectivity index is 1.49. The molecule has 2 aromatic rings. The van der Waals surface area contributed by atoms with Gasteiger partial charge in [0.15, 0.2) is 0 Å². The number of benzene rings is 1. The first-order valence-corrected chi connectivity index (χ1v) is 8.64. The molecular formula is C18H24N4O3. The molecule has 0 saturated carbocycles. The monoisotopic (exact) mass is 344 g/mol. The molecule has 0 spiro atoms. The zero-order valence-electron chi connectivity index (χ0n) is 14.8. The molecule has 2 heterocycles. The summed E-state index contributed by atoms with van der Waals surface area (Å²) in [7, 11) is 0. The Morgan fingerprint density at radius 1 is 1.16 bits per heavy atom. The van der Waals surface area contributed by atoms with E-state index in [9.17, 15) is 4.79 Å². The van der Waals surface area contributed by atoms with E-state index in [0.717, 1.165) is 31.7 Å². The van der Waals surface area contributed by atoms with Crippen LogP contribution in [0.4, 0.5) is 0 Å². The predicted molar refractivity (Wildman–Crippen MR) is 92.8 cm³/mol. The van der Waals surface area contributed by atoms with E-state index in [2.05, 4.69) is 19.9 Å². The number of ether oxygens (including phenoxy) is 1. The number of esters is 1. The maximum Gasteiger partial charge on any atom is 0.320 e. The van der Waals surface area contributed by atoms with Gasteiger partial charge < -0.3 is 9.26 Å². The molecular weight excluding hydrogens is 320 g/mol. The summed E-state index contributed by atoms with van der Waals surface area (Å²) in [5, 5.41) is 4.07. The van der Waals surface area contributed by atoms with Crippen LogP contribution in [0.15, 0.2) is 28.8 Å². The summed E-state index contributed by atoms with van der Waals surface area (Å²) in [6.45, 7) is 8.68. The average molecular weight is 344 g/mol. The first-order chi connectivity index (χ1) is 12.1. The van der Waals surface area contributed by atoms with Crippen molar-refractivity contribution in [2.24, 2.45) is 0 Å². The maximum absolute atomic E-state index is 11.5. The van der Waals surface area contributed by atoms with Crippen molar-refractivity contribution in [2.75, 3.05) is 39.3 Å². The molecule has 134 valence electrons. The van der Waals surface area contributed by atoms with Crippen LogP contribution in [0, 0.1) is 6.92 Å². The van der Waals surface area contributed by atoms with Gasteiger partial charge in [-0.15, -0.1) is 0 Å². The largest absolute Gasteiger partial charge is 0.465 e. The molecule has 0 N–H and O–H groups in total. The normalized spacial score (nSPS) is 16.1. The molecule has 0 radical (unpaired) electrons. The van der Waals surface area contributed by atoms with Crippen LogP contribution in [0.25, 0.3) is 11.4 Å². The van der Waals surface area contributed by atoms with Crippen molar-refractivity contribution in [3.05, 3.63) is 35.7 Å². The summed E-state index contributed by atoms with van der Waals surface area (Å²) in [4.78, 5) is 20.4. The van der Waals surface area contributed by atoms with Gasteiger partial charge in [-0.05, 0) is 13.8 Å². The maximum atomic E-state index is 11.5. The number of carbonyl (C=O) groups excluding carboxylic acids is 1. The fourth-order valence-electron chi connectivity index (χ4n) is 2.82. The second-order valence-corrected chi connectivity index (χ2v) is 6.24. The number of aromatic nitrogens is 2. The number of carbonyl (C=O) groups is 1. The van der Waals surface area contributed by atoms with Gasteiger partial charge in [-0.25, -0.2) is 0 Å². The minimum atomic E-state index is -0.157. The number of piperazine rings is 1. The first-order valence-electron chi connectivity index (χ1n) is 8.64. The van der Waals surface area contributed by atoms with Crippen molar-refractivity contribution in [3.8, 4) is 11.4 Å². The van der Waals surface area contributed by atoms with Crippen molar-refractivity contribution in [1.29, 1.82) is 0 Å². The van der Waals surface area contributed by atoms with Crippen LogP contribution in [-0.4, -0.2) is 65.2 Å². The Labute approximate surface area is 147 Å². The minimum absolute atomic E-state index is 0.157. The molecule has 0 bridgehead atoms. The Morgan fingerprint density at radius 3 is 2.52 bits per heavy atom. The molecule has 7 nitrogen and oxygen atoms in total. The minimum Gasteiger partial charge on any atom is -0.465 e. The lowest BCUT2D eigenvalue weighted by molar-refractivity contribution is -0.144. The van der Waals surface area contributed by atoms with E-state index in [1.54, 1.807) is 0 Å². The predicted octanol–water partition coefficient (Wildman–Crippen LogP) is 1.73. The lowest BCUT2D eigenvalue weighted by Crippen LogP contribution is -2.47. The zero-order valence-corrected chi connectivity index (χ0v) is 14.8. The quantitative estimate of drug-likeness (QED) is 0.739. The van der Waals surface area contributed by atoms with Gasteiger partial charge in [0, 0.05) is 31.7 Å². The molecule has 1 aliphatic rings. The molecule has 0 amide bonds. The molecule has 0 atom stereocenters. The molecule has 1 aromatic carbocycles. The number of rotatable bonds is 6. The fraction of sp³-hybridized carbons (Fsp3) is 0.500. The summed E-state index contributed by atoms with van der Waals surface area (Å²) < 4.78 is 10.4. The van der Waals surface area contributed by atoms with Gasteiger partial charge in [0.05, 0.1) is 19.7 Å². The fourth-order valence-corrected chi connectivity index (χ4v) is 2.82. The summed E-state index contributed by atoms with van der Waals surface area (Å²) in [6.07, 6.45) is 0. The molecule has 0 aliphatic carbocycles. The van der Waals surface area contributed by atoms with E-state index < -0.39 is 0 Å². The summed E-state index contributed by atoms with van der Waals surface area (Å²) >= 11 is 0. The molecule has 1 fully saturated rings. The van der Waals surface area contributed by atoms with E-state index >= 15 is 0 Å². The van der Waals surface area contributed by atoms with Crippen molar-refractivity contribution in [2.45, 2.75) is 20.4 Å². The summed E-state index contributed by atoms with van der Waals surface area (Å²) in [5.41, 5.74) is 2.16. The van der Waals surface area contributed by atoms with Crippen LogP contribution < -0.4 is 0 Å². The van der Waals surface area contributed by atoms with Gasteiger partial charge in [-0.3, -0.25) is 14.6 Å². The van der Waals surface area contributed by atoms with Gasteiger partial charge in [-0.2, -0.15) is 4.98 Å². The topological polar surface area (TPSA) is 71.7 Å². The second-order valence-electron chi connectivity index (χ2n) is 6.24. The SMILES string of the molecule is CCOC(=O)CN1CCN(Cc2nc(-c3ccc(C)cc3)no2)CC1. The average Bonchev–Trinajstić information content (AvgIpc) is 3.06. The van der Waals surface area contributed by atoms with Crippen molar-refractivity contribution >= 4 is 5.97 Å². The van der Waals surface area contributed by atoms with Crippen LogP contribution in [0.3, 0.4) is 0 Å². The van der Waals surface area contributed by atoms with Gasteiger partial charge in [0.25, 0.3) is 0 Å². The Kier molecular flexibility index (Phi) is 5.78. The van der Waals surface area contributed by atoms with E-state index in [-0.39, 0.29) is 5.97 Å². The molecule has 3 rings (SSSR count). The molecule has 25 heavy (non-hydrogen) atoms. The number of hydrogen-bond acceptors (Lipinski definition) is 7. The van der Waals surface area contributed by atoms with E-state index in [4.69, 9.17) is 9.26 Å². The number of nitrogens with zero attached hydrogens (tertiary/aromatic N) is 4. The van der Waals surface area contributed by atoms with Crippen LogP contribution >= 0.6 is 0 Å². The first kappa shape index (κ1) is 17.6. The lowest BCUT2D eigenvalue weighted by atomic mass is 10.1. The standard InChI is InChI=1S/C18H24N4O3/c1-3-24-17(23)13-22-10-8-21(9-11-22)12-16-19-18(20-25-16)15-6-4-14(2)5-7-15/h4-7H,3,8-13H2,1-2H3. The second kappa shape index (κ2) is 8.22. The van der Waals surface area contributed by atoms with Crippen molar-refractivity contribution in [3.63, 3.8) is 0 Å². The highest BCUT2D eigenvalue weighted by atomic mass is 16.5. The van der Waals surface area contributed by atoms with Gasteiger partial charge >= 0.3 is 5.97 Å². The summed E-state index contributed by atoms with van der Waals surface area (Å²) in [5.74, 6) is 1.08. The highest BCUT2D eigenvalue weighted by molar-refractivity contribution is 5.71. The molecule has 0 unspecified atom stereocenters. The zero-order chi connectivity index (χ0) is 17.6. The van der Waals surface area contributed by atoms with Crippen LogP contribution in [0.1, 0.15) is 18.4 Å². The van der Waals surface area contributed by atoms with Crippen LogP contribution in [0.2, 0.25) is 0 Å². The Hall–Kier alpha value is -2.25. The van der Waals surface area contributed by atoms with E-state index in [1.807, 2.05) is 38.1 Å². The third-order valence-corrected chi connectivity index (χ3v) is 4.26. The molecule has 1 saturated heterocycles. The third-order valence-electron chi connectivity index (χ3n) is 4.26.